The van der Waals surface area contributed by atoms with E-state index >= 15 is 0 Å². The van der Waals surface area contributed by atoms with Crippen LogP contribution in [0.15, 0.2) is 0 Å². The van der Waals surface area contributed by atoms with Crippen molar-refractivity contribution in [3.05, 3.63) is 0 Å². The fourth-order valence-corrected chi connectivity index (χ4v) is 2.29. The van der Waals surface area contributed by atoms with E-state index in [2.05, 4.69) is 5.32 Å². The second kappa shape index (κ2) is 6.73. The molecule has 2 amide bonds. The number of nitrogens with zero attached hydrogens (tertiary/aromatic N) is 2. The van der Waals surface area contributed by atoms with Crippen molar-refractivity contribution in [2.75, 3.05) is 26.2 Å². The molecule has 0 bridgehead atoms. The van der Waals surface area contributed by atoms with E-state index in [1.807, 2.05) is 27.7 Å². The first-order chi connectivity index (χ1) is 8.49. The summed E-state index contributed by atoms with van der Waals surface area (Å²) in [5.41, 5.74) is 0. The predicted molar refractivity (Wildman–Crippen MR) is 71.2 cm³/mol. The van der Waals surface area contributed by atoms with E-state index in [0.717, 1.165) is 6.42 Å². The van der Waals surface area contributed by atoms with Crippen LogP contribution >= 0.6 is 0 Å². The molecule has 1 aliphatic rings. The summed E-state index contributed by atoms with van der Waals surface area (Å²) in [4.78, 5) is 27.4. The molecule has 0 aromatic heterocycles. The molecule has 1 heterocycles. The van der Waals surface area contributed by atoms with E-state index in [1.165, 1.54) is 0 Å². The van der Waals surface area contributed by atoms with Crippen molar-refractivity contribution >= 4 is 11.8 Å². The molecule has 1 aliphatic heterocycles. The van der Waals surface area contributed by atoms with Gasteiger partial charge in [-0.05, 0) is 20.3 Å². The maximum atomic E-state index is 12.1. The highest BCUT2D eigenvalue weighted by Crippen LogP contribution is 2.12. The lowest BCUT2D eigenvalue weighted by atomic mass is 10.2. The highest BCUT2D eigenvalue weighted by atomic mass is 16.2. The summed E-state index contributed by atoms with van der Waals surface area (Å²) >= 11 is 0. The van der Waals surface area contributed by atoms with Crippen LogP contribution in [-0.4, -0.2) is 59.9 Å². The normalized spacial score (nSPS) is 19.7. The van der Waals surface area contributed by atoms with Crippen LogP contribution in [0.2, 0.25) is 0 Å². The molecular weight excluding hydrogens is 230 g/mol. The first-order valence-corrected chi connectivity index (χ1v) is 6.82. The molecule has 0 aromatic rings. The number of amides is 2. The fourth-order valence-electron chi connectivity index (χ4n) is 2.29. The van der Waals surface area contributed by atoms with Crippen molar-refractivity contribution in [2.45, 2.75) is 46.2 Å². The molecule has 1 fully saturated rings. The van der Waals surface area contributed by atoms with Gasteiger partial charge in [0, 0.05) is 25.7 Å². The molecule has 104 valence electrons. The van der Waals surface area contributed by atoms with Crippen molar-refractivity contribution in [2.24, 2.45) is 0 Å². The molecule has 0 spiro atoms. The molecular formula is C13H25N3O2. The summed E-state index contributed by atoms with van der Waals surface area (Å²) in [5.74, 6) is 0.0998. The smallest absolute Gasteiger partial charge is 0.242 e. The number of carbonyl (C=O) groups is 2. The van der Waals surface area contributed by atoms with Gasteiger partial charge in [0.15, 0.2) is 0 Å². The summed E-state index contributed by atoms with van der Waals surface area (Å²) < 4.78 is 0. The van der Waals surface area contributed by atoms with Crippen LogP contribution in [0.3, 0.4) is 0 Å². The summed E-state index contributed by atoms with van der Waals surface area (Å²) in [6.45, 7) is 10.3. The van der Waals surface area contributed by atoms with Gasteiger partial charge in [0.05, 0.1) is 12.6 Å². The maximum absolute atomic E-state index is 12.1. The Labute approximate surface area is 110 Å². The zero-order valence-electron chi connectivity index (χ0n) is 11.9. The van der Waals surface area contributed by atoms with Gasteiger partial charge in [0.1, 0.15) is 0 Å². The number of carbonyl (C=O) groups excluding carboxylic acids is 2. The third-order valence-electron chi connectivity index (χ3n) is 3.27. The standard InChI is InChI=1S/C13H25N3O2/c1-5-15(6-2)12(17)9-16-8-7-11(13(16)18)14-10(3)4/h10-11,14H,5-9H2,1-4H3. The quantitative estimate of drug-likeness (QED) is 0.750. The van der Waals surface area contributed by atoms with E-state index in [9.17, 15) is 9.59 Å². The molecule has 1 atom stereocenters. The average molecular weight is 255 g/mol. The Hall–Kier alpha value is -1.10. The molecule has 18 heavy (non-hydrogen) atoms. The molecule has 5 heteroatoms. The van der Waals surface area contributed by atoms with E-state index < -0.39 is 0 Å². The van der Waals surface area contributed by atoms with Gasteiger partial charge in [0.2, 0.25) is 11.8 Å². The van der Waals surface area contributed by atoms with Crippen molar-refractivity contribution in [1.29, 1.82) is 0 Å². The van der Waals surface area contributed by atoms with Gasteiger partial charge in [-0.25, -0.2) is 0 Å². The maximum Gasteiger partial charge on any atom is 0.242 e. The molecule has 1 rings (SSSR count). The van der Waals surface area contributed by atoms with Crippen LogP contribution in [0.5, 0.6) is 0 Å². The Kier molecular flexibility index (Phi) is 5.59. The molecule has 1 N–H and O–H groups in total. The van der Waals surface area contributed by atoms with Gasteiger partial charge in [-0.3, -0.25) is 9.59 Å². The first kappa shape index (κ1) is 15.0. The van der Waals surface area contributed by atoms with Crippen molar-refractivity contribution in [3.8, 4) is 0 Å². The second-order valence-corrected chi connectivity index (χ2v) is 4.99. The molecule has 1 unspecified atom stereocenters. The Bertz CT molecular complexity index is 301. The number of likely N-dealkylation sites (N-methyl/N-ethyl adjacent to an activating group) is 1. The van der Waals surface area contributed by atoms with Gasteiger partial charge in [-0.1, -0.05) is 13.8 Å². The zero-order valence-corrected chi connectivity index (χ0v) is 11.9. The molecule has 0 aromatic carbocycles. The van der Waals surface area contributed by atoms with Gasteiger partial charge in [0.25, 0.3) is 0 Å². The average Bonchev–Trinajstić information content (AvgIpc) is 2.62. The number of nitrogens with one attached hydrogen (secondary N) is 1. The second-order valence-electron chi connectivity index (χ2n) is 4.99. The monoisotopic (exact) mass is 255 g/mol. The van der Waals surface area contributed by atoms with Crippen LogP contribution in [-0.2, 0) is 9.59 Å². The highest BCUT2D eigenvalue weighted by Gasteiger charge is 2.33. The minimum atomic E-state index is -0.116. The fraction of sp³-hybridized carbons (Fsp3) is 0.846. The van der Waals surface area contributed by atoms with Crippen molar-refractivity contribution < 1.29 is 9.59 Å². The number of hydrogen-bond donors (Lipinski definition) is 1. The van der Waals surface area contributed by atoms with Crippen LogP contribution in [0.4, 0.5) is 0 Å². The van der Waals surface area contributed by atoms with Crippen molar-refractivity contribution in [3.63, 3.8) is 0 Å². The minimum Gasteiger partial charge on any atom is -0.342 e. The summed E-state index contributed by atoms with van der Waals surface area (Å²) in [7, 11) is 0. The number of likely N-dealkylation sites (tertiary alicyclic amines) is 1. The van der Waals surface area contributed by atoms with Crippen LogP contribution in [0.1, 0.15) is 34.1 Å². The van der Waals surface area contributed by atoms with E-state index in [0.29, 0.717) is 19.6 Å². The van der Waals surface area contributed by atoms with Gasteiger partial charge >= 0.3 is 0 Å². The first-order valence-electron chi connectivity index (χ1n) is 6.82. The van der Waals surface area contributed by atoms with E-state index in [4.69, 9.17) is 0 Å². The highest BCUT2D eigenvalue weighted by molar-refractivity contribution is 5.89. The van der Waals surface area contributed by atoms with Gasteiger partial charge in [-0.15, -0.1) is 0 Å². The number of rotatable bonds is 6. The Morgan fingerprint density at radius 1 is 1.44 bits per heavy atom. The Morgan fingerprint density at radius 2 is 2.06 bits per heavy atom. The third kappa shape index (κ3) is 3.70. The van der Waals surface area contributed by atoms with Crippen LogP contribution < -0.4 is 5.32 Å². The van der Waals surface area contributed by atoms with Gasteiger partial charge in [-0.2, -0.15) is 0 Å². The van der Waals surface area contributed by atoms with Crippen LogP contribution in [0, 0.1) is 0 Å². The zero-order chi connectivity index (χ0) is 13.7. The Morgan fingerprint density at radius 3 is 2.56 bits per heavy atom. The molecule has 0 saturated carbocycles. The SMILES string of the molecule is CCN(CC)C(=O)CN1CCC(NC(C)C)C1=O. The van der Waals surface area contributed by atoms with E-state index in [1.54, 1.807) is 9.80 Å². The van der Waals surface area contributed by atoms with Crippen LogP contribution in [0.25, 0.3) is 0 Å². The molecule has 1 saturated heterocycles. The minimum absolute atomic E-state index is 0.0403. The Balaban J connectivity index is 2.50. The summed E-state index contributed by atoms with van der Waals surface area (Å²) in [5, 5.41) is 3.24. The lowest BCUT2D eigenvalue weighted by Gasteiger charge is -2.23. The largest absolute Gasteiger partial charge is 0.342 e. The van der Waals surface area contributed by atoms with E-state index in [-0.39, 0.29) is 30.4 Å². The molecule has 0 radical (unpaired) electrons. The lowest BCUT2D eigenvalue weighted by molar-refractivity contribution is -0.138. The summed E-state index contributed by atoms with van der Waals surface area (Å²) in [6.07, 6.45) is 0.794. The van der Waals surface area contributed by atoms with Gasteiger partial charge < -0.3 is 15.1 Å². The predicted octanol–water partition coefficient (Wildman–Crippen LogP) is 0.454. The molecule has 5 nitrogen and oxygen atoms in total. The third-order valence-corrected chi connectivity index (χ3v) is 3.27. The lowest BCUT2D eigenvalue weighted by Crippen LogP contribution is -2.45. The topological polar surface area (TPSA) is 52.7 Å². The number of hydrogen-bond acceptors (Lipinski definition) is 3. The van der Waals surface area contributed by atoms with Crippen molar-refractivity contribution in [1.82, 2.24) is 15.1 Å². The summed E-state index contributed by atoms with van der Waals surface area (Å²) in [6, 6.07) is 0.173. The molecule has 0 aliphatic carbocycles.